The van der Waals surface area contributed by atoms with Gasteiger partial charge in [0.05, 0.1) is 5.92 Å². The van der Waals surface area contributed by atoms with Gasteiger partial charge in [0.1, 0.15) is 0 Å². The standard InChI is InChI=1S/C20H23N3O3/c1-12(2)9-14-10-13(11-18(24)22-14)19(25)21-8-7-16-15-5-3-4-6-17(15)23-20(16)26/h3-6,10-12,16H,7-9H2,1-2H3,(H,21,25)(H,22,24)(H,23,26). The minimum Gasteiger partial charge on any atom is -0.352 e. The van der Waals surface area contributed by atoms with Gasteiger partial charge in [0.25, 0.3) is 5.91 Å². The zero-order chi connectivity index (χ0) is 18.7. The smallest absolute Gasteiger partial charge is 0.251 e. The quantitative estimate of drug-likeness (QED) is 0.745. The summed E-state index contributed by atoms with van der Waals surface area (Å²) in [6.45, 7) is 4.46. The van der Waals surface area contributed by atoms with Crippen molar-refractivity contribution in [2.75, 3.05) is 11.9 Å². The molecule has 3 rings (SSSR count). The second-order valence-corrected chi connectivity index (χ2v) is 7.03. The van der Waals surface area contributed by atoms with Crippen molar-refractivity contribution in [3.05, 3.63) is 63.6 Å². The zero-order valence-corrected chi connectivity index (χ0v) is 15.0. The molecule has 0 aliphatic carbocycles. The summed E-state index contributed by atoms with van der Waals surface area (Å²) < 4.78 is 0. The molecule has 1 unspecified atom stereocenters. The predicted molar refractivity (Wildman–Crippen MR) is 100 cm³/mol. The number of rotatable bonds is 6. The number of H-pyrrole nitrogens is 1. The highest BCUT2D eigenvalue weighted by Gasteiger charge is 2.29. The first-order valence-electron chi connectivity index (χ1n) is 8.85. The number of fused-ring (bicyclic) bond motifs is 1. The first-order valence-corrected chi connectivity index (χ1v) is 8.85. The van der Waals surface area contributed by atoms with Crippen LogP contribution in [0.4, 0.5) is 5.69 Å². The third-order valence-electron chi connectivity index (χ3n) is 4.42. The Kier molecular flexibility index (Phi) is 5.21. The van der Waals surface area contributed by atoms with Gasteiger partial charge in [-0.3, -0.25) is 14.4 Å². The Hall–Kier alpha value is -2.89. The summed E-state index contributed by atoms with van der Waals surface area (Å²) in [5.41, 5.74) is 2.61. The minimum atomic E-state index is -0.298. The molecule has 26 heavy (non-hydrogen) atoms. The van der Waals surface area contributed by atoms with Crippen LogP contribution in [0.2, 0.25) is 0 Å². The number of pyridine rings is 1. The number of hydrogen-bond donors (Lipinski definition) is 3. The molecule has 2 aromatic rings. The Bertz CT molecular complexity index is 886. The fraction of sp³-hybridized carbons (Fsp3) is 0.350. The van der Waals surface area contributed by atoms with Crippen molar-refractivity contribution < 1.29 is 9.59 Å². The van der Waals surface area contributed by atoms with Gasteiger partial charge in [-0.15, -0.1) is 0 Å². The fourth-order valence-corrected chi connectivity index (χ4v) is 3.28. The van der Waals surface area contributed by atoms with Gasteiger partial charge in [0.15, 0.2) is 0 Å². The van der Waals surface area contributed by atoms with Gasteiger partial charge in [-0.25, -0.2) is 0 Å². The van der Waals surface area contributed by atoms with Crippen LogP contribution in [0.3, 0.4) is 0 Å². The van der Waals surface area contributed by atoms with E-state index in [9.17, 15) is 14.4 Å². The van der Waals surface area contributed by atoms with Crippen LogP contribution >= 0.6 is 0 Å². The van der Waals surface area contributed by atoms with Gasteiger partial charge in [-0.1, -0.05) is 32.0 Å². The lowest BCUT2D eigenvalue weighted by Crippen LogP contribution is -2.28. The molecule has 6 nitrogen and oxygen atoms in total. The number of para-hydroxylation sites is 1. The Labute approximate surface area is 152 Å². The molecule has 0 spiro atoms. The van der Waals surface area contributed by atoms with Gasteiger partial charge in [-0.05, 0) is 36.5 Å². The Morgan fingerprint density at radius 1 is 1.19 bits per heavy atom. The summed E-state index contributed by atoms with van der Waals surface area (Å²) in [5.74, 6) is -0.226. The summed E-state index contributed by atoms with van der Waals surface area (Å²) in [4.78, 5) is 39.0. The molecule has 0 fully saturated rings. The van der Waals surface area contributed by atoms with Gasteiger partial charge >= 0.3 is 0 Å². The van der Waals surface area contributed by atoms with Crippen LogP contribution in [0.5, 0.6) is 0 Å². The molecule has 1 aromatic carbocycles. The van der Waals surface area contributed by atoms with Crippen LogP contribution in [0.1, 0.15) is 47.8 Å². The van der Waals surface area contributed by atoms with E-state index in [1.165, 1.54) is 6.07 Å². The van der Waals surface area contributed by atoms with Gasteiger partial charge in [0.2, 0.25) is 11.5 Å². The van der Waals surface area contributed by atoms with E-state index in [-0.39, 0.29) is 23.3 Å². The molecule has 6 heteroatoms. The number of carbonyl (C=O) groups is 2. The highest BCUT2D eigenvalue weighted by Crippen LogP contribution is 2.33. The molecule has 0 radical (unpaired) electrons. The number of aromatic amines is 1. The lowest BCUT2D eigenvalue weighted by Gasteiger charge is -2.11. The second-order valence-electron chi connectivity index (χ2n) is 7.03. The summed E-state index contributed by atoms with van der Waals surface area (Å²) in [6.07, 6.45) is 1.21. The van der Waals surface area contributed by atoms with E-state index in [1.807, 2.05) is 24.3 Å². The van der Waals surface area contributed by atoms with E-state index >= 15 is 0 Å². The topological polar surface area (TPSA) is 91.1 Å². The highest BCUT2D eigenvalue weighted by molar-refractivity contribution is 6.02. The minimum absolute atomic E-state index is 0.0455. The van der Waals surface area contributed by atoms with Gasteiger partial charge in [-0.2, -0.15) is 0 Å². The average Bonchev–Trinajstić information content (AvgIpc) is 2.89. The van der Waals surface area contributed by atoms with Crippen LogP contribution in [0.15, 0.2) is 41.2 Å². The maximum Gasteiger partial charge on any atom is 0.251 e. The van der Waals surface area contributed by atoms with Crippen molar-refractivity contribution in [1.82, 2.24) is 10.3 Å². The molecule has 1 aromatic heterocycles. The van der Waals surface area contributed by atoms with Crippen LogP contribution in [0, 0.1) is 5.92 Å². The maximum atomic E-state index is 12.4. The number of amides is 2. The van der Waals surface area contributed by atoms with Crippen molar-refractivity contribution in [1.29, 1.82) is 0 Å². The van der Waals surface area contributed by atoms with Gasteiger partial charge in [0, 0.05) is 29.6 Å². The summed E-state index contributed by atoms with van der Waals surface area (Å²) in [7, 11) is 0. The van der Waals surface area contributed by atoms with Crippen LogP contribution in [0.25, 0.3) is 0 Å². The first-order chi connectivity index (χ1) is 12.4. The molecule has 0 saturated carbocycles. The van der Waals surface area contributed by atoms with E-state index in [2.05, 4.69) is 29.5 Å². The fourth-order valence-electron chi connectivity index (χ4n) is 3.28. The monoisotopic (exact) mass is 353 g/mol. The van der Waals surface area contributed by atoms with Crippen molar-refractivity contribution in [3.63, 3.8) is 0 Å². The largest absolute Gasteiger partial charge is 0.352 e. The SMILES string of the molecule is CC(C)Cc1cc(C(=O)NCCC2C(=O)Nc3ccccc32)cc(=O)[nH]1. The third kappa shape index (κ3) is 4.02. The van der Waals surface area contributed by atoms with Crippen LogP contribution in [-0.4, -0.2) is 23.3 Å². The average molecular weight is 353 g/mol. The van der Waals surface area contributed by atoms with E-state index in [0.29, 0.717) is 30.9 Å². The molecule has 0 bridgehead atoms. The van der Waals surface area contributed by atoms with Crippen molar-refractivity contribution in [2.45, 2.75) is 32.6 Å². The second kappa shape index (κ2) is 7.56. The lowest BCUT2D eigenvalue weighted by molar-refractivity contribution is -0.117. The molecule has 136 valence electrons. The molecule has 1 aliphatic heterocycles. The molecular weight excluding hydrogens is 330 g/mol. The lowest BCUT2D eigenvalue weighted by atomic mass is 9.97. The number of benzene rings is 1. The van der Waals surface area contributed by atoms with E-state index in [0.717, 1.165) is 16.9 Å². The number of aromatic nitrogens is 1. The van der Waals surface area contributed by atoms with Crippen molar-refractivity contribution in [3.8, 4) is 0 Å². The summed E-state index contributed by atoms with van der Waals surface area (Å²) in [6, 6.07) is 10.6. The Balaban J connectivity index is 1.62. The van der Waals surface area contributed by atoms with Crippen molar-refractivity contribution in [2.24, 2.45) is 5.92 Å². The number of carbonyl (C=O) groups excluding carboxylic acids is 2. The summed E-state index contributed by atoms with van der Waals surface area (Å²) >= 11 is 0. The molecule has 2 heterocycles. The molecule has 0 saturated heterocycles. The van der Waals surface area contributed by atoms with Crippen LogP contribution < -0.4 is 16.2 Å². The molecule has 2 amide bonds. The zero-order valence-electron chi connectivity index (χ0n) is 15.0. The summed E-state index contributed by atoms with van der Waals surface area (Å²) in [5, 5.41) is 5.67. The molecule has 1 aliphatic rings. The number of anilines is 1. The Morgan fingerprint density at radius 2 is 1.96 bits per heavy atom. The Morgan fingerprint density at radius 3 is 2.73 bits per heavy atom. The first kappa shape index (κ1) is 17.9. The van der Waals surface area contributed by atoms with E-state index in [1.54, 1.807) is 6.07 Å². The normalized spacial score (nSPS) is 15.7. The van der Waals surface area contributed by atoms with Crippen LogP contribution in [-0.2, 0) is 11.2 Å². The molecule has 3 N–H and O–H groups in total. The van der Waals surface area contributed by atoms with E-state index in [4.69, 9.17) is 0 Å². The van der Waals surface area contributed by atoms with Gasteiger partial charge < -0.3 is 15.6 Å². The maximum absolute atomic E-state index is 12.4. The number of nitrogens with one attached hydrogen (secondary N) is 3. The van der Waals surface area contributed by atoms with E-state index < -0.39 is 0 Å². The third-order valence-corrected chi connectivity index (χ3v) is 4.42. The highest BCUT2D eigenvalue weighted by atomic mass is 16.2. The predicted octanol–water partition coefficient (Wildman–Crippen LogP) is 2.43. The molecule has 1 atom stereocenters. The number of hydrogen-bond acceptors (Lipinski definition) is 3. The molecular formula is C20H23N3O3. The van der Waals surface area contributed by atoms with Crippen molar-refractivity contribution >= 4 is 17.5 Å².